The lowest BCUT2D eigenvalue weighted by Crippen LogP contribution is -2.35. The average molecular weight is 318 g/mol. The van der Waals surface area contributed by atoms with Crippen molar-refractivity contribution in [3.8, 4) is 0 Å². The minimum atomic E-state index is -0.140. The predicted molar refractivity (Wildman–Crippen MR) is 69.1 cm³/mol. The van der Waals surface area contributed by atoms with Gasteiger partial charge in [0.05, 0.1) is 12.2 Å². The molecule has 1 aromatic rings. The molecule has 0 bridgehead atoms. The highest BCUT2D eigenvalue weighted by atomic mass is 79.9. The number of amides is 2. The van der Waals surface area contributed by atoms with Gasteiger partial charge in [0.1, 0.15) is 0 Å². The van der Waals surface area contributed by atoms with E-state index in [0.29, 0.717) is 23.7 Å². The number of carbonyl (C=O) groups is 2. The van der Waals surface area contributed by atoms with E-state index in [1.54, 1.807) is 23.1 Å². The van der Waals surface area contributed by atoms with Crippen LogP contribution in [-0.4, -0.2) is 24.9 Å². The second-order valence-corrected chi connectivity index (χ2v) is 4.96. The lowest BCUT2D eigenvalue weighted by molar-refractivity contribution is -0.123. The number of carbonyl (C=O) groups excluding carboxylic acids is 2. The van der Waals surface area contributed by atoms with Crippen molar-refractivity contribution in [3.63, 3.8) is 0 Å². The molecule has 1 aliphatic rings. The third-order valence-corrected chi connectivity index (χ3v) is 3.40. The van der Waals surface area contributed by atoms with E-state index >= 15 is 0 Å². The summed E-state index contributed by atoms with van der Waals surface area (Å²) in [5.41, 5.74) is 0.694. The number of halogens is 2. The summed E-state index contributed by atoms with van der Waals surface area (Å²) in [6.45, 7) is 0.390. The predicted octanol–water partition coefficient (Wildman–Crippen LogP) is 1.96. The van der Waals surface area contributed by atoms with Gasteiger partial charge in [-0.1, -0.05) is 11.6 Å². The van der Waals surface area contributed by atoms with Crippen molar-refractivity contribution >= 4 is 45.0 Å². The first-order valence-electron chi connectivity index (χ1n) is 5.10. The van der Waals surface area contributed by atoms with E-state index in [-0.39, 0.29) is 18.4 Å². The summed E-state index contributed by atoms with van der Waals surface area (Å²) in [6.07, 6.45) is 0.296. The molecule has 0 aliphatic carbocycles. The maximum Gasteiger partial charge on any atom is 0.246 e. The zero-order valence-electron chi connectivity index (χ0n) is 8.87. The molecule has 2 rings (SSSR count). The molecule has 0 spiro atoms. The Balaban J connectivity index is 2.34. The van der Waals surface area contributed by atoms with E-state index in [9.17, 15) is 9.59 Å². The molecule has 1 heterocycles. The number of benzene rings is 1. The van der Waals surface area contributed by atoms with Crippen molar-refractivity contribution in [2.75, 3.05) is 18.0 Å². The summed E-state index contributed by atoms with van der Waals surface area (Å²) in [5.74, 6) is -0.252. The molecule has 0 aromatic heterocycles. The largest absolute Gasteiger partial charge is 0.347 e. The Morgan fingerprint density at radius 2 is 2.12 bits per heavy atom. The topological polar surface area (TPSA) is 49.4 Å². The first-order chi connectivity index (χ1) is 8.08. The van der Waals surface area contributed by atoms with Crippen LogP contribution in [0.2, 0.25) is 5.02 Å². The lowest BCUT2D eigenvalue weighted by Gasteiger charge is -2.21. The Bertz CT molecular complexity index is 479. The SMILES string of the molecule is O=C1CCN(c2cc(Cl)ccc2Br)C(=O)CN1. The molecule has 90 valence electrons. The smallest absolute Gasteiger partial charge is 0.246 e. The van der Waals surface area contributed by atoms with Gasteiger partial charge >= 0.3 is 0 Å². The number of anilines is 1. The van der Waals surface area contributed by atoms with Crippen molar-refractivity contribution in [3.05, 3.63) is 27.7 Å². The fraction of sp³-hybridized carbons (Fsp3) is 0.273. The fourth-order valence-corrected chi connectivity index (χ4v) is 2.27. The van der Waals surface area contributed by atoms with E-state index in [1.807, 2.05) is 0 Å². The van der Waals surface area contributed by atoms with Gasteiger partial charge < -0.3 is 10.2 Å². The van der Waals surface area contributed by atoms with Crippen LogP contribution in [0.3, 0.4) is 0 Å². The lowest BCUT2D eigenvalue weighted by atomic mass is 10.2. The van der Waals surface area contributed by atoms with Crippen molar-refractivity contribution in [2.24, 2.45) is 0 Å². The maximum absolute atomic E-state index is 11.9. The molecule has 1 fully saturated rings. The minimum absolute atomic E-state index is 0.0256. The van der Waals surface area contributed by atoms with E-state index in [4.69, 9.17) is 11.6 Å². The number of hydrogen-bond acceptors (Lipinski definition) is 2. The second-order valence-electron chi connectivity index (χ2n) is 3.67. The van der Waals surface area contributed by atoms with Crippen LogP contribution in [0, 0.1) is 0 Å². The molecule has 6 heteroatoms. The van der Waals surface area contributed by atoms with Crippen LogP contribution in [0.4, 0.5) is 5.69 Å². The summed E-state index contributed by atoms with van der Waals surface area (Å²) in [6, 6.07) is 5.23. The molecule has 0 unspecified atom stereocenters. The minimum Gasteiger partial charge on any atom is -0.347 e. The standard InChI is InChI=1S/C11H10BrClN2O2/c12-8-2-1-7(13)5-9(8)15-4-3-10(16)14-6-11(15)17/h1-2,5H,3-4,6H2,(H,14,16). The van der Waals surface area contributed by atoms with Gasteiger partial charge in [-0.05, 0) is 34.1 Å². The first kappa shape index (κ1) is 12.4. The second kappa shape index (κ2) is 5.06. The molecule has 1 aliphatic heterocycles. The Morgan fingerprint density at radius 1 is 1.35 bits per heavy atom. The molecule has 17 heavy (non-hydrogen) atoms. The van der Waals surface area contributed by atoms with Crippen LogP contribution < -0.4 is 10.2 Å². The van der Waals surface area contributed by atoms with Crippen molar-refractivity contribution in [2.45, 2.75) is 6.42 Å². The van der Waals surface area contributed by atoms with Gasteiger partial charge in [-0.2, -0.15) is 0 Å². The summed E-state index contributed by atoms with van der Waals surface area (Å²) in [7, 11) is 0. The Morgan fingerprint density at radius 3 is 2.88 bits per heavy atom. The molecular formula is C11H10BrClN2O2. The fourth-order valence-electron chi connectivity index (χ4n) is 1.64. The Kier molecular flexibility index (Phi) is 3.69. The van der Waals surface area contributed by atoms with Crippen molar-refractivity contribution in [1.82, 2.24) is 5.32 Å². The van der Waals surface area contributed by atoms with E-state index in [2.05, 4.69) is 21.2 Å². The van der Waals surface area contributed by atoms with Crippen molar-refractivity contribution < 1.29 is 9.59 Å². The van der Waals surface area contributed by atoms with Crippen LogP contribution in [0.1, 0.15) is 6.42 Å². The number of rotatable bonds is 1. The summed E-state index contributed by atoms with van der Waals surface area (Å²) >= 11 is 9.29. The zero-order valence-corrected chi connectivity index (χ0v) is 11.2. The quantitative estimate of drug-likeness (QED) is 0.861. The maximum atomic E-state index is 11.9. The molecular weight excluding hydrogens is 307 g/mol. The van der Waals surface area contributed by atoms with Crippen molar-refractivity contribution in [1.29, 1.82) is 0 Å². The molecule has 1 aromatic carbocycles. The molecule has 0 atom stereocenters. The summed E-state index contributed by atoms with van der Waals surface area (Å²) < 4.78 is 0.782. The van der Waals surface area contributed by atoms with Gasteiger partial charge in [-0.3, -0.25) is 9.59 Å². The van der Waals surface area contributed by atoms with Crippen LogP contribution in [0.5, 0.6) is 0 Å². The van der Waals surface area contributed by atoms with E-state index in [1.165, 1.54) is 0 Å². The van der Waals surface area contributed by atoms with E-state index in [0.717, 1.165) is 4.47 Å². The third kappa shape index (κ3) is 2.79. The highest BCUT2D eigenvalue weighted by Gasteiger charge is 2.23. The van der Waals surface area contributed by atoms with Gasteiger partial charge in [0.15, 0.2) is 0 Å². The number of hydrogen-bond donors (Lipinski definition) is 1. The van der Waals surface area contributed by atoms with Gasteiger partial charge in [0.25, 0.3) is 0 Å². The third-order valence-electron chi connectivity index (χ3n) is 2.50. The normalized spacial score (nSPS) is 16.7. The van der Waals surface area contributed by atoms with E-state index < -0.39 is 0 Å². The molecule has 0 radical (unpaired) electrons. The Labute approximate surface area is 112 Å². The van der Waals surface area contributed by atoms with Crippen LogP contribution in [0.25, 0.3) is 0 Å². The van der Waals surface area contributed by atoms with Crippen LogP contribution in [-0.2, 0) is 9.59 Å². The molecule has 1 N–H and O–H groups in total. The average Bonchev–Trinajstić information content (AvgIpc) is 2.46. The van der Waals surface area contributed by atoms with Crippen LogP contribution >= 0.6 is 27.5 Å². The molecule has 4 nitrogen and oxygen atoms in total. The highest BCUT2D eigenvalue weighted by Crippen LogP contribution is 2.30. The van der Waals surface area contributed by atoms with Gasteiger partial charge in [0, 0.05) is 22.5 Å². The molecule has 1 saturated heterocycles. The highest BCUT2D eigenvalue weighted by molar-refractivity contribution is 9.10. The Hall–Kier alpha value is -1.07. The van der Waals surface area contributed by atoms with Gasteiger partial charge in [-0.25, -0.2) is 0 Å². The monoisotopic (exact) mass is 316 g/mol. The molecule has 0 saturated carbocycles. The first-order valence-corrected chi connectivity index (χ1v) is 6.27. The molecule has 2 amide bonds. The van der Waals surface area contributed by atoms with Gasteiger partial charge in [-0.15, -0.1) is 0 Å². The number of nitrogens with zero attached hydrogens (tertiary/aromatic N) is 1. The van der Waals surface area contributed by atoms with Crippen LogP contribution in [0.15, 0.2) is 22.7 Å². The zero-order chi connectivity index (χ0) is 12.4. The summed E-state index contributed by atoms with van der Waals surface area (Å²) in [4.78, 5) is 24.7. The number of nitrogens with one attached hydrogen (secondary N) is 1. The van der Waals surface area contributed by atoms with Gasteiger partial charge in [0.2, 0.25) is 11.8 Å². The summed E-state index contributed by atoms with van der Waals surface area (Å²) in [5, 5.41) is 3.10.